The number of nitrogens with one attached hydrogen (secondary N) is 1. The minimum absolute atomic E-state index is 0.0241. The van der Waals surface area contributed by atoms with Gasteiger partial charge in [0, 0.05) is 24.2 Å². The minimum atomic E-state index is -0.974. The van der Waals surface area contributed by atoms with Crippen LogP contribution in [0, 0.1) is 23.0 Å². The van der Waals surface area contributed by atoms with Gasteiger partial charge in [0.25, 0.3) is 0 Å². The van der Waals surface area contributed by atoms with E-state index in [0.717, 1.165) is 37.3 Å². The molecule has 0 atom stereocenters. The predicted molar refractivity (Wildman–Crippen MR) is 96.3 cm³/mol. The number of rotatable bonds is 2. The van der Waals surface area contributed by atoms with E-state index in [2.05, 4.69) is 21.5 Å². The van der Waals surface area contributed by atoms with Crippen molar-refractivity contribution in [1.82, 2.24) is 20.1 Å². The van der Waals surface area contributed by atoms with E-state index in [0.29, 0.717) is 29.1 Å². The fraction of sp³-hybridized carbons (Fsp3) is 0.211. The Morgan fingerprint density at radius 3 is 2.78 bits per heavy atom. The molecule has 0 radical (unpaired) electrons. The molecule has 0 spiro atoms. The van der Waals surface area contributed by atoms with E-state index in [1.54, 1.807) is 6.07 Å². The lowest BCUT2D eigenvalue weighted by Gasteiger charge is -2.09. The van der Waals surface area contributed by atoms with Crippen LogP contribution in [0.15, 0.2) is 30.3 Å². The molecule has 4 rings (SSSR count). The maximum atomic E-state index is 13.6. The topological polar surface area (TPSA) is 92.5 Å². The first kappa shape index (κ1) is 17.1. The number of nitrogens with two attached hydrogens (primary N) is 1. The van der Waals surface area contributed by atoms with Gasteiger partial charge in [-0.25, -0.2) is 13.8 Å². The summed E-state index contributed by atoms with van der Waals surface area (Å²) in [6.07, 6.45) is 0.956. The monoisotopic (exact) mass is 366 g/mol. The number of hydrogen-bond acceptors (Lipinski definition) is 5. The number of hydrogen-bond donors (Lipinski definition) is 2. The Labute approximate surface area is 154 Å². The number of aryl methyl sites for hydroxylation is 1. The second-order valence-corrected chi connectivity index (χ2v) is 6.33. The number of aromatic nitrogens is 3. The first-order chi connectivity index (χ1) is 13.1. The van der Waals surface area contributed by atoms with E-state index in [-0.39, 0.29) is 11.4 Å². The molecular weight excluding hydrogens is 350 g/mol. The summed E-state index contributed by atoms with van der Waals surface area (Å²) in [5.41, 5.74) is 9.03. The Hall–Kier alpha value is -3.31. The first-order valence-corrected chi connectivity index (χ1v) is 8.50. The Morgan fingerprint density at radius 2 is 2.00 bits per heavy atom. The van der Waals surface area contributed by atoms with Gasteiger partial charge in [-0.2, -0.15) is 10.4 Å². The highest BCUT2D eigenvalue weighted by Crippen LogP contribution is 2.31. The van der Waals surface area contributed by atoms with E-state index >= 15 is 0 Å². The molecule has 0 unspecified atom stereocenters. The first-order valence-electron chi connectivity index (χ1n) is 8.50. The van der Waals surface area contributed by atoms with Crippen molar-refractivity contribution < 1.29 is 8.78 Å². The van der Waals surface area contributed by atoms with Gasteiger partial charge >= 0.3 is 0 Å². The number of nitrogens with zero attached hydrogens (tertiary/aromatic N) is 4. The second kappa shape index (κ2) is 6.78. The Kier molecular flexibility index (Phi) is 4.30. The van der Waals surface area contributed by atoms with Crippen molar-refractivity contribution in [2.45, 2.75) is 19.5 Å². The van der Waals surface area contributed by atoms with Crippen LogP contribution in [-0.4, -0.2) is 21.3 Å². The molecule has 1 aromatic carbocycles. The number of anilines is 1. The third-order valence-corrected chi connectivity index (χ3v) is 4.54. The lowest BCUT2D eigenvalue weighted by atomic mass is 10.0. The summed E-state index contributed by atoms with van der Waals surface area (Å²) in [4.78, 5) is 4.19. The third-order valence-electron chi connectivity index (χ3n) is 4.54. The molecule has 0 saturated carbocycles. The highest BCUT2D eigenvalue weighted by molar-refractivity contribution is 5.78. The molecule has 3 aromatic rings. The Bertz CT molecular complexity index is 1040. The van der Waals surface area contributed by atoms with Crippen LogP contribution in [0.2, 0.25) is 0 Å². The van der Waals surface area contributed by atoms with Crippen LogP contribution < -0.4 is 11.1 Å². The lowest BCUT2D eigenvalue weighted by Crippen LogP contribution is -2.11. The number of fused-ring (bicyclic) bond motifs is 1. The van der Waals surface area contributed by atoms with Crippen molar-refractivity contribution in [3.05, 3.63) is 53.2 Å². The average molecular weight is 366 g/mol. The summed E-state index contributed by atoms with van der Waals surface area (Å²) < 4.78 is 28.8. The van der Waals surface area contributed by atoms with Crippen LogP contribution in [-0.2, 0) is 13.1 Å². The molecule has 1 aliphatic heterocycles. The van der Waals surface area contributed by atoms with Crippen LogP contribution in [0.4, 0.5) is 14.6 Å². The summed E-state index contributed by atoms with van der Waals surface area (Å²) in [5, 5.41) is 17.4. The summed E-state index contributed by atoms with van der Waals surface area (Å²) in [5.74, 6) is -1.89. The molecule has 6 nitrogen and oxygen atoms in total. The van der Waals surface area contributed by atoms with Gasteiger partial charge in [0.2, 0.25) is 0 Å². The molecule has 2 aromatic heterocycles. The molecule has 1 aliphatic rings. The zero-order valence-corrected chi connectivity index (χ0v) is 14.3. The van der Waals surface area contributed by atoms with Crippen LogP contribution in [0.3, 0.4) is 0 Å². The van der Waals surface area contributed by atoms with Crippen molar-refractivity contribution in [3.63, 3.8) is 0 Å². The van der Waals surface area contributed by atoms with E-state index in [1.165, 1.54) is 6.07 Å². The molecule has 27 heavy (non-hydrogen) atoms. The predicted octanol–water partition coefficient (Wildman–Crippen LogP) is 2.84. The molecule has 3 N–H and O–H groups in total. The van der Waals surface area contributed by atoms with Crippen LogP contribution in [0.25, 0.3) is 22.5 Å². The highest BCUT2D eigenvalue weighted by Gasteiger charge is 2.19. The van der Waals surface area contributed by atoms with E-state index in [1.807, 2.05) is 10.7 Å². The maximum absolute atomic E-state index is 13.6. The average Bonchev–Trinajstić information content (AvgIpc) is 2.93. The van der Waals surface area contributed by atoms with Crippen LogP contribution in [0.5, 0.6) is 0 Å². The van der Waals surface area contributed by atoms with Gasteiger partial charge < -0.3 is 11.1 Å². The number of nitrogen functional groups attached to an aromatic ring is 1. The van der Waals surface area contributed by atoms with Crippen molar-refractivity contribution in [2.24, 2.45) is 0 Å². The smallest absolute Gasteiger partial charge is 0.159 e. The molecular formula is C19H16F2N6. The summed E-state index contributed by atoms with van der Waals surface area (Å²) >= 11 is 0. The van der Waals surface area contributed by atoms with Gasteiger partial charge in [-0.15, -0.1) is 0 Å². The molecule has 0 bridgehead atoms. The largest absolute Gasteiger partial charge is 0.383 e. The van der Waals surface area contributed by atoms with Gasteiger partial charge in [0.15, 0.2) is 11.6 Å². The normalized spacial score (nSPS) is 13.7. The summed E-state index contributed by atoms with van der Waals surface area (Å²) in [7, 11) is 0. The zero-order chi connectivity index (χ0) is 19.0. The van der Waals surface area contributed by atoms with Crippen molar-refractivity contribution in [2.75, 3.05) is 12.3 Å². The lowest BCUT2D eigenvalue weighted by molar-refractivity contribution is 0.509. The van der Waals surface area contributed by atoms with Gasteiger partial charge in [0.05, 0.1) is 17.1 Å². The van der Waals surface area contributed by atoms with Crippen LogP contribution >= 0.6 is 0 Å². The fourth-order valence-corrected chi connectivity index (χ4v) is 3.18. The van der Waals surface area contributed by atoms with Gasteiger partial charge in [-0.1, -0.05) is 0 Å². The minimum Gasteiger partial charge on any atom is -0.383 e. The Morgan fingerprint density at radius 1 is 1.15 bits per heavy atom. The van der Waals surface area contributed by atoms with E-state index in [9.17, 15) is 14.0 Å². The van der Waals surface area contributed by atoms with Crippen molar-refractivity contribution in [1.29, 1.82) is 5.26 Å². The second-order valence-electron chi connectivity index (χ2n) is 6.33. The number of pyridine rings is 1. The zero-order valence-electron chi connectivity index (χ0n) is 14.3. The van der Waals surface area contributed by atoms with E-state index < -0.39 is 11.6 Å². The fourth-order valence-electron chi connectivity index (χ4n) is 3.18. The molecule has 8 heteroatoms. The standard InChI is InChI=1S/C19H16F2N6/c20-15-3-2-11(6-16(15)21)17-8-13(14(9-22)19(23)25-17)18-7-12-10-24-4-1-5-27(12)26-18/h2-3,6-8,24H,1,4-5,10H2,(H2,23,25). The summed E-state index contributed by atoms with van der Waals surface area (Å²) in [6.45, 7) is 2.39. The molecule has 0 amide bonds. The summed E-state index contributed by atoms with van der Waals surface area (Å²) in [6, 6.07) is 9.12. The highest BCUT2D eigenvalue weighted by atomic mass is 19.2. The van der Waals surface area contributed by atoms with E-state index in [4.69, 9.17) is 5.73 Å². The SMILES string of the molecule is N#Cc1c(-c2cc3n(n2)CCCNC3)cc(-c2ccc(F)c(F)c2)nc1N. The molecule has 0 saturated heterocycles. The Balaban J connectivity index is 1.86. The quantitative estimate of drug-likeness (QED) is 0.728. The number of benzene rings is 1. The third kappa shape index (κ3) is 3.13. The van der Waals surface area contributed by atoms with Crippen molar-refractivity contribution >= 4 is 5.82 Å². The maximum Gasteiger partial charge on any atom is 0.159 e. The number of nitriles is 1. The molecule has 0 fully saturated rings. The van der Waals surface area contributed by atoms with Gasteiger partial charge in [-0.05, 0) is 43.3 Å². The van der Waals surface area contributed by atoms with Crippen molar-refractivity contribution in [3.8, 4) is 28.6 Å². The van der Waals surface area contributed by atoms with Gasteiger partial charge in [-0.3, -0.25) is 4.68 Å². The van der Waals surface area contributed by atoms with Gasteiger partial charge in [0.1, 0.15) is 17.5 Å². The van der Waals surface area contributed by atoms with Crippen LogP contribution in [0.1, 0.15) is 17.7 Å². The molecule has 3 heterocycles. The number of halogens is 2. The molecule has 136 valence electrons. The molecule has 0 aliphatic carbocycles.